The maximum Gasteiger partial charge on any atom is 1.00 e. The number of carboxylic acids is 4. The van der Waals surface area contributed by atoms with Crippen LogP contribution in [0, 0.1) is 0 Å². The number of rotatable bonds is 6. The van der Waals surface area contributed by atoms with E-state index in [0.717, 1.165) is 38.1 Å². The van der Waals surface area contributed by atoms with Crippen LogP contribution in [0.1, 0.15) is 55.8 Å². The predicted octanol–water partition coefficient (Wildman–Crippen LogP) is -7.85. The van der Waals surface area contributed by atoms with Crippen molar-refractivity contribution in [2.45, 2.75) is 13.8 Å². The van der Waals surface area contributed by atoms with Crippen LogP contribution in [-0.2, 0) is 9.59 Å². The summed E-state index contributed by atoms with van der Waals surface area (Å²) in [6, 6.07) is 3.69. The van der Waals surface area contributed by atoms with Crippen LogP contribution in [0.4, 0.5) is 0 Å². The van der Waals surface area contributed by atoms with E-state index in [2.05, 4.69) is 19.4 Å². The van der Waals surface area contributed by atoms with E-state index in [0.29, 0.717) is 0 Å². The summed E-state index contributed by atoms with van der Waals surface area (Å²) in [7, 11) is 0. The van der Waals surface area contributed by atoms with Gasteiger partial charge in [0.15, 0.2) is 11.4 Å². The molecule has 2 heterocycles. The molecular formula is C18H12N2Na2O12. The predicted molar refractivity (Wildman–Crippen MR) is 93.7 cm³/mol. The standard InChI is InChI=1S/2C9H7NO6.2Na/c2*1-4(11)16-5-2-6(8(12)13)10-7(3-5)9(14)15;;/h2*2-3H,1H3,(H,12,13)(H,14,15);;/q;;2*+1/p-2. The van der Waals surface area contributed by atoms with E-state index in [1.807, 2.05) is 0 Å². The van der Waals surface area contributed by atoms with Crippen molar-refractivity contribution in [3.8, 4) is 11.5 Å². The molecule has 0 unspecified atom stereocenters. The Morgan fingerprint density at radius 3 is 1.12 bits per heavy atom. The van der Waals surface area contributed by atoms with Crippen LogP contribution < -0.4 is 78.8 Å². The van der Waals surface area contributed by atoms with Crippen LogP contribution in [0.5, 0.6) is 11.5 Å². The fourth-order valence-electron chi connectivity index (χ4n) is 1.89. The zero-order valence-corrected chi connectivity index (χ0v) is 22.2. The first-order valence-corrected chi connectivity index (χ1v) is 8.10. The molecule has 0 aromatic carbocycles. The maximum atomic E-state index is 10.6. The topological polar surface area (TPSA) is 233 Å². The van der Waals surface area contributed by atoms with Crippen LogP contribution in [0.15, 0.2) is 24.3 Å². The normalized spacial score (nSPS) is 9.00. The van der Waals surface area contributed by atoms with Crippen molar-refractivity contribution >= 4 is 35.8 Å². The zero-order chi connectivity index (χ0) is 24.6. The van der Waals surface area contributed by atoms with E-state index < -0.39 is 58.6 Å². The Kier molecular flexibility index (Phi) is 14.8. The van der Waals surface area contributed by atoms with Gasteiger partial charge in [0.25, 0.3) is 0 Å². The molecule has 0 saturated heterocycles. The zero-order valence-electron chi connectivity index (χ0n) is 18.2. The number of carbonyl (C=O) groups excluding carboxylic acids is 4. The number of esters is 2. The van der Waals surface area contributed by atoms with Gasteiger partial charge in [0.05, 0.1) is 23.3 Å². The summed E-state index contributed by atoms with van der Waals surface area (Å²) in [6.45, 7) is 2.19. The molecule has 0 aliphatic heterocycles. The van der Waals surface area contributed by atoms with Crippen LogP contribution in [0.25, 0.3) is 0 Å². The number of pyridine rings is 2. The minimum atomic E-state index is -1.66. The first-order chi connectivity index (χ1) is 14.8. The third-order valence-electron chi connectivity index (χ3n) is 2.98. The van der Waals surface area contributed by atoms with Gasteiger partial charge in [-0.15, -0.1) is 0 Å². The molecule has 0 amide bonds. The second kappa shape index (κ2) is 15.1. The number of nitrogens with zero attached hydrogens (tertiary/aromatic N) is 2. The number of ether oxygens (including phenoxy) is 2. The summed E-state index contributed by atoms with van der Waals surface area (Å²) < 4.78 is 9.12. The minimum absolute atomic E-state index is 0. The second-order valence-electron chi connectivity index (χ2n) is 5.52. The fraction of sp³-hybridized carbons (Fsp3) is 0.111. The third kappa shape index (κ3) is 11.3. The number of aromatic nitrogens is 2. The van der Waals surface area contributed by atoms with E-state index in [4.69, 9.17) is 10.2 Å². The molecule has 16 heteroatoms. The van der Waals surface area contributed by atoms with Gasteiger partial charge in [-0.25, -0.2) is 19.6 Å². The second-order valence-corrected chi connectivity index (χ2v) is 5.52. The average Bonchev–Trinajstić information content (AvgIpc) is 2.66. The summed E-state index contributed by atoms with van der Waals surface area (Å²) in [5.74, 6) is -8.00. The maximum absolute atomic E-state index is 10.6. The third-order valence-corrected chi connectivity index (χ3v) is 2.98. The molecule has 0 saturated carbocycles. The van der Waals surface area contributed by atoms with Gasteiger partial charge in [-0.2, -0.15) is 0 Å². The molecule has 14 nitrogen and oxygen atoms in total. The van der Waals surface area contributed by atoms with E-state index in [9.17, 15) is 39.0 Å². The van der Waals surface area contributed by atoms with Gasteiger partial charge in [0, 0.05) is 38.1 Å². The van der Waals surface area contributed by atoms with Crippen LogP contribution in [0.3, 0.4) is 0 Å². The van der Waals surface area contributed by atoms with Crippen molar-refractivity contribution in [1.29, 1.82) is 0 Å². The molecule has 0 aliphatic carbocycles. The van der Waals surface area contributed by atoms with Crippen LogP contribution in [0.2, 0.25) is 0 Å². The quantitative estimate of drug-likeness (QED) is 0.280. The molecule has 2 rings (SSSR count). The molecule has 2 aromatic heterocycles. The van der Waals surface area contributed by atoms with Crippen molar-refractivity contribution < 1.29 is 118 Å². The summed E-state index contributed by atoms with van der Waals surface area (Å²) >= 11 is 0. The smallest absolute Gasteiger partial charge is 0.543 e. The minimum Gasteiger partial charge on any atom is -0.543 e. The molecule has 0 spiro atoms. The van der Waals surface area contributed by atoms with E-state index in [1.54, 1.807) is 0 Å². The molecule has 0 radical (unpaired) electrons. The average molecular weight is 494 g/mol. The molecule has 34 heavy (non-hydrogen) atoms. The number of carbonyl (C=O) groups is 6. The van der Waals surface area contributed by atoms with Gasteiger partial charge in [-0.05, 0) is 0 Å². The van der Waals surface area contributed by atoms with Gasteiger partial charge in [0.2, 0.25) is 0 Å². The SMILES string of the molecule is CC(=O)Oc1cc(C(=O)[O-])nc(C(=O)O)c1.CC(=O)Oc1cc(C(=O)[O-])nc(C(=O)O)c1.[Na+].[Na+]. The summed E-state index contributed by atoms with van der Waals surface area (Å²) in [6.07, 6.45) is 0. The van der Waals surface area contributed by atoms with Crippen molar-refractivity contribution in [1.82, 2.24) is 9.97 Å². The Morgan fingerprint density at radius 1 is 0.647 bits per heavy atom. The molecule has 2 aromatic rings. The molecule has 0 bridgehead atoms. The van der Waals surface area contributed by atoms with Crippen molar-refractivity contribution in [2.24, 2.45) is 0 Å². The Labute approximate surface area is 234 Å². The van der Waals surface area contributed by atoms with Gasteiger partial charge < -0.3 is 39.5 Å². The van der Waals surface area contributed by atoms with Gasteiger partial charge in [-0.1, -0.05) is 0 Å². The van der Waals surface area contributed by atoms with Crippen LogP contribution >= 0.6 is 0 Å². The van der Waals surface area contributed by atoms with Crippen molar-refractivity contribution in [3.63, 3.8) is 0 Å². The van der Waals surface area contributed by atoms with Crippen LogP contribution in [-0.4, -0.2) is 56.0 Å². The molecule has 0 fully saturated rings. The Morgan fingerprint density at radius 2 is 0.912 bits per heavy atom. The first-order valence-electron chi connectivity index (χ1n) is 8.10. The molecule has 0 aliphatic rings. The Bertz CT molecular complexity index is 968. The summed E-state index contributed by atoms with van der Waals surface area (Å²) in [4.78, 5) is 70.0. The van der Waals surface area contributed by atoms with Gasteiger partial charge in [-0.3, -0.25) is 9.59 Å². The van der Waals surface area contributed by atoms with Crippen molar-refractivity contribution in [3.05, 3.63) is 47.0 Å². The molecule has 2 N–H and O–H groups in total. The van der Waals surface area contributed by atoms with E-state index in [-0.39, 0.29) is 70.6 Å². The monoisotopic (exact) mass is 494 g/mol. The molecule has 0 atom stereocenters. The fourth-order valence-corrected chi connectivity index (χ4v) is 1.89. The molecular weight excluding hydrogens is 482 g/mol. The summed E-state index contributed by atoms with van der Waals surface area (Å²) in [5.41, 5.74) is -2.32. The Hall–Kier alpha value is -2.88. The first kappa shape index (κ1) is 33.3. The van der Waals surface area contributed by atoms with Crippen molar-refractivity contribution in [2.75, 3.05) is 0 Å². The number of hydrogen-bond donors (Lipinski definition) is 2. The largest absolute Gasteiger partial charge is 1.00 e. The van der Waals surface area contributed by atoms with E-state index >= 15 is 0 Å². The number of aromatic carboxylic acids is 4. The van der Waals surface area contributed by atoms with E-state index in [1.165, 1.54) is 0 Å². The number of carboxylic acid groups (broad SMARTS) is 4. The summed E-state index contributed by atoms with van der Waals surface area (Å²) in [5, 5.41) is 38.3. The number of hydrogen-bond acceptors (Lipinski definition) is 12. The van der Waals surface area contributed by atoms with Gasteiger partial charge in [0.1, 0.15) is 11.5 Å². The Balaban J connectivity index is 0. The van der Waals surface area contributed by atoms with Gasteiger partial charge >= 0.3 is 83.0 Å². The molecule has 168 valence electrons.